The van der Waals surface area contributed by atoms with Gasteiger partial charge in [0, 0.05) is 12.6 Å². The van der Waals surface area contributed by atoms with Crippen LogP contribution in [0.1, 0.15) is 10.4 Å². The van der Waals surface area contributed by atoms with Crippen molar-refractivity contribution in [1.82, 2.24) is 9.97 Å². The molecule has 1 aliphatic heterocycles. The maximum atomic E-state index is 11.7. The highest BCUT2D eigenvalue weighted by molar-refractivity contribution is 6.02. The second-order valence-corrected chi connectivity index (χ2v) is 4.90. The largest absolute Gasteiger partial charge is 0.465 e. The van der Waals surface area contributed by atoms with Crippen LogP contribution in [-0.2, 0) is 9.53 Å². The molecule has 7 nitrogen and oxygen atoms in total. The zero-order valence-corrected chi connectivity index (χ0v) is 12.2. The Kier molecular flexibility index (Phi) is 3.46. The first-order valence-corrected chi connectivity index (χ1v) is 6.65. The van der Waals surface area contributed by atoms with Crippen LogP contribution in [0.15, 0.2) is 30.6 Å². The highest BCUT2D eigenvalue weighted by Gasteiger charge is 2.25. The molecule has 3 rings (SSSR count). The van der Waals surface area contributed by atoms with Crippen LogP contribution >= 0.6 is 0 Å². The number of amides is 1. The summed E-state index contributed by atoms with van der Waals surface area (Å²) >= 11 is 0. The molecule has 1 aliphatic rings. The highest BCUT2D eigenvalue weighted by Crippen LogP contribution is 2.35. The Morgan fingerprint density at radius 3 is 2.95 bits per heavy atom. The van der Waals surface area contributed by atoms with Crippen LogP contribution in [-0.4, -0.2) is 42.5 Å². The molecule has 2 heterocycles. The topological polar surface area (TPSA) is 84.4 Å². The molecule has 0 spiro atoms. The van der Waals surface area contributed by atoms with Gasteiger partial charge in [0.2, 0.25) is 5.91 Å². The van der Waals surface area contributed by atoms with Gasteiger partial charge in [0.15, 0.2) is 5.82 Å². The van der Waals surface area contributed by atoms with E-state index in [0.717, 1.165) is 11.3 Å². The molecule has 1 aromatic heterocycles. The van der Waals surface area contributed by atoms with Crippen molar-refractivity contribution in [3.63, 3.8) is 0 Å². The smallest absolute Gasteiger partial charge is 0.337 e. The Morgan fingerprint density at radius 2 is 2.18 bits per heavy atom. The second kappa shape index (κ2) is 5.44. The normalized spacial score (nSPS) is 13.4. The van der Waals surface area contributed by atoms with Gasteiger partial charge in [-0.15, -0.1) is 0 Å². The number of hydrogen-bond acceptors (Lipinski definition) is 6. The number of likely N-dealkylation sites (N-methyl/N-ethyl adjacent to an activating group) is 1. The van der Waals surface area contributed by atoms with E-state index in [2.05, 4.69) is 15.3 Å². The SMILES string of the molecule is COC(=O)c1cccc(-c2ncnc3c2N(C)CC(=O)N3)c1. The van der Waals surface area contributed by atoms with Gasteiger partial charge in [-0.3, -0.25) is 4.79 Å². The third-order valence-corrected chi connectivity index (χ3v) is 3.40. The number of hydrogen-bond donors (Lipinski definition) is 1. The molecule has 1 N–H and O–H groups in total. The van der Waals surface area contributed by atoms with E-state index in [-0.39, 0.29) is 12.5 Å². The van der Waals surface area contributed by atoms with E-state index in [4.69, 9.17) is 4.74 Å². The summed E-state index contributed by atoms with van der Waals surface area (Å²) < 4.78 is 4.74. The Hall–Kier alpha value is -2.96. The maximum Gasteiger partial charge on any atom is 0.337 e. The number of anilines is 2. The lowest BCUT2D eigenvalue weighted by Gasteiger charge is -2.27. The van der Waals surface area contributed by atoms with Crippen molar-refractivity contribution in [3.05, 3.63) is 36.2 Å². The van der Waals surface area contributed by atoms with Gasteiger partial charge in [0.1, 0.15) is 12.0 Å². The average molecular weight is 298 g/mol. The van der Waals surface area contributed by atoms with Gasteiger partial charge < -0.3 is 15.0 Å². The predicted octanol–water partition coefficient (Wildman–Crippen LogP) is 1.32. The Labute approximate surface area is 126 Å². The van der Waals surface area contributed by atoms with E-state index < -0.39 is 5.97 Å². The van der Waals surface area contributed by atoms with Gasteiger partial charge >= 0.3 is 5.97 Å². The molecule has 22 heavy (non-hydrogen) atoms. The van der Waals surface area contributed by atoms with Gasteiger partial charge in [-0.05, 0) is 12.1 Å². The summed E-state index contributed by atoms with van der Waals surface area (Å²) in [7, 11) is 3.14. The third-order valence-electron chi connectivity index (χ3n) is 3.40. The first-order valence-electron chi connectivity index (χ1n) is 6.65. The molecule has 7 heteroatoms. The van der Waals surface area contributed by atoms with Crippen LogP contribution in [0.2, 0.25) is 0 Å². The van der Waals surface area contributed by atoms with Gasteiger partial charge in [0.25, 0.3) is 0 Å². The van der Waals surface area contributed by atoms with Gasteiger partial charge in [0.05, 0.1) is 24.9 Å². The zero-order chi connectivity index (χ0) is 15.7. The van der Waals surface area contributed by atoms with Crippen LogP contribution in [0.4, 0.5) is 11.5 Å². The molecule has 112 valence electrons. The predicted molar refractivity (Wildman–Crippen MR) is 80.7 cm³/mol. The summed E-state index contributed by atoms with van der Waals surface area (Å²) in [6.07, 6.45) is 1.39. The molecule has 0 saturated carbocycles. The molecule has 0 bridgehead atoms. The van der Waals surface area contributed by atoms with Crippen molar-refractivity contribution >= 4 is 23.4 Å². The fourth-order valence-electron chi connectivity index (χ4n) is 2.42. The fourth-order valence-corrected chi connectivity index (χ4v) is 2.42. The van der Waals surface area contributed by atoms with Crippen LogP contribution in [0.5, 0.6) is 0 Å². The maximum absolute atomic E-state index is 11.7. The molecule has 2 aromatic rings. The third kappa shape index (κ3) is 2.37. The molecule has 1 amide bonds. The van der Waals surface area contributed by atoms with E-state index in [0.29, 0.717) is 17.1 Å². The van der Waals surface area contributed by atoms with Gasteiger partial charge in [-0.25, -0.2) is 14.8 Å². The Morgan fingerprint density at radius 1 is 1.36 bits per heavy atom. The summed E-state index contributed by atoms with van der Waals surface area (Å²) in [6.45, 7) is 0.226. The van der Waals surface area contributed by atoms with Gasteiger partial charge in [-0.2, -0.15) is 0 Å². The van der Waals surface area contributed by atoms with Gasteiger partial charge in [-0.1, -0.05) is 12.1 Å². The molecule has 0 fully saturated rings. The number of aromatic nitrogens is 2. The molecular weight excluding hydrogens is 284 g/mol. The van der Waals surface area contributed by atoms with Crippen molar-refractivity contribution in [2.75, 3.05) is 30.9 Å². The number of nitrogens with zero attached hydrogens (tertiary/aromatic N) is 3. The first-order chi connectivity index (χ1) is 10.6. The highest BCUT2D eigenvalue weighted by atomic mass is 16.5. The number of nitrogens with one attached hydrogen (secondary N) is 1. The summed E-state index contributed by atoms with van der Waals surface area (Å²) in [6, 6.07) is 6.99. The minimum atomic E-state index is -0.411. The van der Waals surface area contributed by atoms with E-state index in [1.807, 2.05) is 6.07 Å². The number of ether oxygens (including phenoxy) is 1. The minimum Gasteiger partial charge on any atom is -0.465 e. The molecule has 0 radical (unpaired) electrons. The fraction of sp³-hybridized carbons (Fsp3) is 0.200. The van der Waals surface area contributed by atoms with E-state index in [1.54, 1.807) is 30.1 Å². The van der Waals surface area contributed by atoms with Crippen LogP contribution in [0.25, 0.3) is 11.3 Å². The van der Waals surface area contributed by atoms with Crippen molar-refractivity contribution in [2.24, 2.45) is 0 Å². The molecule has 0 saturated heterocycles. The lowest BCUT2D eigenvalue weighted by Crippen LogP contribution is -2.36. The number of methoxy groups -OCH3 is 1. The molecule has 1 aromatic carbocycles. The number of fused-ring (bicyclic) bond motifs is 1. The molecule has 0 aliphatic carbocycles. The Balaban J connectivity index is 2.12. The monoisotopic (exact) mass is 298 g/mol. The standard InChI is InChI=1S/C15H14N4O3/c1-19-7-11(20)18-14-13(19)12(16-8-17-14)9-4-3-5-10(6-9)15(21)22-2/h3-6,8H,7H2,1-2H3,(H,16,17,18,20). The van der Waals surface area contributed by atoms with E-state index >= 15 is 0 Å². The zero-order valence-electron chi connectivity index (χ0n) is 12.2. The molecule has 0 atom stereocenters. The minimum absolute atomic E-state index is 0.122. The molecule has 0 unspecified atom stereocenters. The summed E-state index contributed by atoms with van der Waals surface area (Å²) in [4.78, 5) is 33.5. The Bertz CT molecular complexity index is 760. The van der Waals surface area contributed by atoms with Crippen molar-refractivity contribution < 1.29 is 14.3 Å². The van der Waals surface area contributed by atoms with E-state index in [9.17, 15) is 9.59 Å². The number of rotatable bonds is 2. The second-order valence-electron chi connectivity index (χ2n) is 4.90. The molecular formula is C15H14N4O3. The lowest BCUT2D eigenvalue weighted by molar-refractivity contribution is -0.115. The van der Waals surface area contributed by atoms with Crippen LogP contribution in [0, 0.1) is 0 Å². The quantitative estimate of drug-likeness (QED) is 0.842. The van der Waals surface area contributed by atoms with Crippen molar-refractivity contribution in [2.45, 2.75) is 0 Å². The average Bonchev–Trinajstić information content (AvgIpc) is 2.53. The van der Waals surface area contributed by atoms with Crippen LogP contribution in [0.3, 0.4) is 0 Å². The summed E-state index contributed by atoms with van der Waals surface area (Å²) in [5.41, 5.74) is 2.57. The lowest BCUT2D eigenvalue weighted by atomic mass is 10.1. The number of carbonyl (C=O) groups excluding carboxylic acids is 2. The number of benzene rings is 1. The van der Waals surface area contributed by atoms with Crippen LogP contribution < -0.4 is 10.2 Å². The number of esters is 1. The van der Waals surface area contributed by atoms with Crippen molar-refractivity contribution in [1.29, 1.82) is 0 Å². The number of carbonyl (C=O) groups is 2. The first kappa shape index (κ1) is 14.0. The summed E-state index contributed by atoms with van der Waals surface area (Å²) in [5.74, 6) is -0.0680. The van der Waals surface area contributed by atoms with E-state index in [1.165, 1.54) is 13.4 Å². The summed E-state index contributed by atoms with van der Waals surface area (Å²) in [5, 5.41) is 2.73. The van der Waals surface area contributed by atoms with Crippen molar-refractivity contribution in [3.8, 4) is 11.3 Å².